The molecule has 0 aromatic heterocycles. The first-order valence-corrected chi connectivity index (χ1v) is 6.88. The number of hydrogen-bond donors (Lipinski definition) is 2. The molecule has 0 spiro atoms. The molecular formula is C17H22N2. The van der Waals surface area contributed by atoms with E-state index in [1.807, 2.05) is 12.1 Å². The molecule has 0 heterocycles. The van der Waals surface area contributed by atoms with E-state index in [1.54, 1.807) is 0 Å². The van der Waals surface area contributed by atoms with Crippen molar-refractivity contribution in [3.05, 3.63) is 58.7 Å². The Morgan fingerprint density at radius 2 is 1.16 bits per heavy atom. The molecule has 4 N–H and O–H groups in total. The van der Waals surface area contributed by atoms with Gasteiger partial charge in [-0.3, -0.25) is 0 Å². The summed E-state index contributed by atoms with van der Waals surface area (Å²) in [5.74, 6) is 0. The van der Waals surface area contributed by atoms with Gasteiger partial charge in [0, 0.05) is 17.8 Å². The summed E-state index contributed by atoms with van der Waals surface area (Å²) in [4.78, 5) is 0. The Morgan fingerprint density at radius 3 is 1.53 bits per heavy atom. The van der Waals surface area contributed by atoms with E-state index in [0.717, 1.165) is 30.6 Å². The summed E-state index contributed by atoms with van der Waals surface area (Å²) < 4.78 is 0. The van der Waals surface area contributed by atoms with Crippen LogP contribution in [0.1, 0.15) is 36.1 Å². The van der Waals surface area contributed by atoms with Crippen molar-refractivity contribution in [2.75, 3.05) is 11.5 Å². The average Bonchev–Trinajstić information content (AvgIpc) is 2.43. The van der Waals surface area contributed by atoms with Crippen LogP contribution in [0.25, 0.3) is 0 Å². The van der Waals surface area contributed by atoms with Gasteiger partial charge < -0.3 is 11.5 Å². The van der Waals surface area contributed by atoms with Gasteiger partial charge in [0.1, 0.15) is 0 Å². The minimum atomic E-state index is 0.805. The predicted molar refractivity (Wildman–Crippen MR) is 83.3 cm³/mol. The first-order valence-electron chi connectivity index (χ1n) is 6.88. The lowest BCUT2D eigenvalue weighted by Crippen LogP contribution is -2.01. The highest BCUT2D eigenvalue weighted by atomic mass is 14.6. The van der Waals surface area contributed by atoms with Crippen LogP contribution in [0.3, 0.4) is 0 Å². The molecule has 2 aromatic carbocycles. The fourth-order valence-electron chi connectivity index (χ4n) is 2.27. The Labute approximate surface area is 115 Å². The predicted octanol–water partition coefficient (Wildman–Crippen LogP) is 3.57. The van der Waals surface area contributed by atoms with Crippen LogP contribution in [-0.2, 0) is 19.3 Å². The molecule has 0 fully saturated rings. The number of anilines is 2. The second kappa shape index (κ2) is 5.79. The van der Waals surface area contributed by atoms with Crippen LogP contribution in [0, 0.1) is 0 Å². The molecule has 0 saturated heterocycles. The first kappa shape index (κ1) is 13.5. The van der Waals surface area contributed by atoms with Crippen molar-refractivity contribution in [1.82, 2.24) is 0 Å². The largest absolute Gasteiger partial charge is 0.398 e. The monoisotopic (exact) mass is 254 g/mol. The topological polar surface area (TPSA) is 52.0 Å². The van der Waals surface area contributed by atoms with Gasteiger partial charge in [0.25, 0.3) is 0 Å². The second-order valence-electron chi connectivity index (χ2n) is 4.95. The molecule has 19 heavy (non-hydrogen) atoms. The summed E-state index contributed by atoms with van der Waals surface area (Å²) in [5, 5.41) is 0. The molecule has 0 radical (unpaired) electrons. The van der Waals surface area contributed by atoms with E-state index in [-0.39, 0.29) is 0 Å². The molecule has 0 saturated carbocycles. The van der Waals surface area contributed by atoms with E-state index in [1.165, 1.54) is 22.3 Å². The molecule has 0 bridgehead atoms. The normalized spacial score (nSPS) is 10.6. The standard InChI is InChI=1S/C17H22N2/c1-3-12-5-7-16(18)14(9-12)11-15-10-13(4-2)6-8-17(15)19/h5-10H,3-4,11,18-19H2,1-2H3. The molecule has 0 unspecified atom stereocenters. The number of rotatable bonds is 4. The van der Waals surface area contributed by atoms with Crippen molar-refractivity contribution in [3.63, 3.8) is 0 Å². The maximum atomic E-state index is 6.07. The van der Waals surface area contributed by atoms with Gasteiger partial charge in [0.2, 0.25) is 0 Å². The zero-order valence-corrected chi connectivity index (χ0v) is 11.7. The highest BCUT2D eigenvalue weighted by Gasteiger charge is 2.06. The maximum absolute atomic E-state index is 6.07. The van der Waals surface area contributed by atoms with Crippen molar-refractivity contribution in [2.45, 2.75) is 33.1 Å². The van der Waals surface area contributed by atoms with Crippen molar-refractivity contribution in [2.24, 2.45) is 0 Å². The lowest BCUT2D eigenvalue weighted by Gasteiger charge is -2.11. The van der Waals surface area contributed by atoms with E-state index in [9.17, 15) is 0 Å². The Balaban J connectivity index is 2.35. The molecular weight excluding hydrogens is 232 g/mol. The van der Waals surface area contributed by atoms with Gasteiger partial charge in [0.05, 0.1) is 0 Å². The summed E-state index contributed by atoms with van der Waals surface area (Å²) in [7, 11) is 0. The molecule has 2 aromatic rings. The lowest BCUT2D eigenvalue weighted by molar-refractivity contribution is 1.09. The number of nitrogens with two attached hydrogens (primary N) is 2. The molecule has 0 aliphatic carbocycles. The van der Waals surface area contributed by atoms with Gasteiger partial charge in [-0.05, 0) is 47.2 Å². The van der Waals surface area contributed by atoms with Crippen molar-refractivity contribution in [1.29, 1.82) is 0 Å². The summed E-state index contributed by atoms with van der Waals surface area (Å²) in [6.07, 6.45) is 2.86. The number of aryl methyl sites for hydroxylation is 2. The van der Waals surface area contributed by atoms with Crippen molar-refractivity contribution < 1.29 is 0 Å². The molecule has 2 rings (SSSR count). The Hall–Kier alpha value is -1.96. The van der Waals surface area contributed by atoms with Crippen LogP contribution < -0.4 is 11.5 Å². The Bertz CT molecular complexity index is 522. The number of benzene rings is 2. The van der Waals surface area contributed by atoms with Gasteiger partial charge in [0.15, 0.2) is 0 Å². The zero-order chi connectivity index (χ0) is 13.8. The van der Waals surface area contributed by atoms with Gasteiger partial charge in [-0.2, -0.15) is 0 Å². The maximum Gasteiger partial charge on any atom is 0.0350 e. The van der Waals surface area contributed by atoms with Crippen LogP contribution in [-0.4, -0.2) is 0 Å². The average molecular weight is 254 g/mol. The minimum absolute atomic E-state index is 0.805. The third-order valence-electron chi connectivity index (χ3n) is 3.61. The van der Waals surface area contributed by atoms with Crippen LogP contribution in [0.5, 0.6) is 0 Å². The van der Waals surface area contributed by atoms with Gasteiger partial charge in [-0.1, -0.05) is 38.1 Å². The Morgan fingerprint density at radius 1 is 0.737 bits per heavy atom. The Kier molecular flexibility index (Phi) is 4.10. The van der Waals surface area contributed by atoms with E-state index < -0.39 is 0 Å². The van der Waals surface area contributed by atoms with Crippen LogP contribution in [0.15, 0.2) is 36.4 Å². The third kappa shape index (κ3) is 3.08. The van der Waals surface area contributed by atoms with Crippen LogP contribution in [0.2, 0.25) is 0 Å². The third-order valence-corrected chi connectivity index (χ3v) is 3.61. The van der Waals surface area contributed by atoms with Gasteiger partial charge in [-0.25, -0.2) is 0 Å². The van der Waals surface area contributed by atoms with E-state index in [4.69, 9.17) is 11.5 Å². The summed E-state index contributed by atoms with van der Waals surface area (Å²) in [6.45, 7) is 4.31. The molecule has 0 aliphatic rings. The number of hydrogen-bond acceptors (Lipinski definition) is 2. The molecule has 100 valence electrons. The summed E-state index contributed by atoms with van der Waals surface area (Å²) in [5.41, 5.74) is 18.8. The highest BCUT2D eigenvalue weighted by molar-refractivity contribution is 5.56. The fraction of sp³-hybridized carbons (Fsp3) is 0.294. The van der Waals surface area contributed by atoms with Crippen molar-refractivity contribution >= 4 is 11.4 Å². The number of nitrogen functional groups attached to an aromatic ring is 2. The van der Waals surface area contributed by atoms with Crippen LogP contribution >= 0.6 is 0 Å². The highest BCUT2D eigenvalue weighted by Crippen LogP contribution is 2.23. The molecule has 0 aliphatic heterocycles. The fourth-order valence-corrected chi connectivity index (χ4v) is 2.27. The lowest BCUT2D eigenvalue weighted by atomic mass is 9.97. The molecule has 2 nitrogen and oxygen atoms in total. The quantitative estimate of drug-likeness (QED) is 0.820. The van der Waals surface area contributed by atoms with Gasteiger partial charge in [-0.15, -0.1) is 0 Å². The second-order valence-corrected chi connectivity index (χ2v) is 4.95. The SMILES string of the molecule is CCc1ccc(N)c(Cc2cc(CC)ccc2N)c1. The summed E-state index contributed by atoms with van der Waals surface area (Å²) >= 11 is 0. The minimum Gasteiger partial charge on any atom is -0.398 e. The molecule has 2 heteroatoms. The zero-order valence-electron chi connectivity index (χ0n) is 11.7. The van der Waals surface area contributed by atoms with E-state index in [2.05, 4.69) is 38.1 Å². The van der Waals surface area contributed by atoms with E-state index >= 15 is 0 Å². The smallest absolute Gasteiger partial charge is 0.0350 e. The molecule has 0 amide bonds. The molecule has 0 atom stereocenters. The van der Waals surface area contributed by atoms with Crippen LogP contribution in [0.4, 0.5) is 11.4 Å². The van der Waals surface area contributed by atoms with Crippen molar-refractivity contribution in [3.8, 4) is 0 Å². The van der Waals surface area contributed by atoms with E-state index in [0.29, 0.717) is 0 Å². The first-order chi connectivity index (χ1) is 9.13. The van der Waals surface area contributed by atoms with Gasteiger partial charge >= 0.3 is 0 Å². The summed E-state index contributed by atoms with van der Waals surface area (Å²) in [6, 6.07) is 12.5.